The van der Waals surface area contributed by atoms with Gasteiger partial charge in [-0.1, -0.05) is 6.07 Å². The molecule has 1 aliphatic rings. The molecule has 1 aromatic heterocycles. The van der Waals surface area contributed by atoms with Gasteiger partial charge < -0.3 is 10.0 Å². The maximum absolute atomic E-state index is 9.68. The Labute approximate surface area is 90.8 Å². The van der Waals surface area contributed by atoms with Crippen LogP contribution < -0.4 is 4.90 Å². The zero-order chi connectivity index (χ0) is 10.8. The summed E-state index contributed by atoms with van der Waals surface area (Å²) >= 11 is 0. The Hall–Kier alpha value is -1.09. The highest BCUT2D eigenvalue weighted by Crippen LogP contribution is 2.29. The van der Waals surface area contributed by atoms with Gasteiger partial charge in [0.25, 0.3) is 0 Å². The van der Waals surface area contributed by atoms with Gasteiger partial charge in [-0.05, 0) is 32.8 Å². The van der Waals surface area contributed by atoms with Crippen LogP contribution in [-0.2, 0) is 0 Å². The van der Waals surface area contributed by atoms with Gasteiger partial charge in [0.2, 0.25) is 0 Å². The van der Waals surface area contributed by atoms with Crippen LogP contribution in [0.1, 0.15) is 38.4 Å². The minimum Gasteiger partial charge on any atom is -0.389 e. The average molecular weight is 206 g/mol. The number of rotatable bonds is 2. The second-order valence-electron chi connectivity index (χ2n) is 4.28. The Balaban J connectivity index is 2.34. The lowest BCUT2D eigenvalue weighted by molar-refractivity contribution is 0.199. The van der Waals surface area contributed by atoms with Crippen LogP contribution in [0.4, 0.5) is 5.82 Å². The SMILES string of the molecule is CC1CCCN1c1ncccc1[C@@H](C)O. The molecule has 3 heteroatoms. The molecule has 0 bridgehead atoms. The zero-order valence-corrected chi connectivity index (χ0v) is 9.35. The predicted octanol–water partition coefficient (Wildman–Crippen LogP) is 2.12. The molecule has 1 N–H and O–H groups in total. The van der Waals surface area contributed by atoms with Crippen molar-refractivity contribution in [3.05, 3.63) is 23.9 Å². The fourth-order valence-corrected chi connectivity index (χ4v) is 2.22. The van der Waals surface area contributed by atoms with Gasteiger partial charge in [0, 0.05) is 24.3 Å². The fraction of sp³-hybridized carbons (Fsp3) is 0.583. The number of hydrogen-bond acceptors (Lipinski definition) is 3. The molecular formula is C12H18N2O. The summed E-state index contributed by atoms with van der Waals surface area (Å²) in [4.78, 5) is 6.69. The molecule has 0 amide bonds. The van der Waals surface area contributed by atoms with E-state index in [-0.39, 0.29) is 0 Å². The van der Waals surface area contributed by atoms with Crippen LogP contribution in [0.2, 0.25) is 0 Å². The highest BCUT2D eigenvalue weighted by Gasteiger charge is 2.24. The highest BCUT2D eigenvalue weighted by molar-refractivity contribution is 5.49. The molecule has 3 nitrogen and oxygen atoms in total. The summed E-state index contributed by atoms with van der Waals surface area (Å²) in [7, 11) is 0. The van der Waals surface area contributed by atoms with E-state index in [0.717, 1.165) is 17.9 Å². The van der Waals surface area contributed by atoms with Crippen molar-refractivity contribution in [1.82, 2.24) is 4.98 Å². The molecule has 0 aliphatic carbocycles. The Bertz CT molecular complexity index is 338. The van der Waals surface area contributed by atoms with Crippen molar-refractivity contribution in [2.45, 2.75) is 38.8 Å². The molecule has 1 fully saturated rings. The minimum atomic E-state index is -0.443. The van der Waals surface area contributed by atoms with Crippen molar-refractivity contribution >= 4 is 5.82 Å². The third-order valence-corrected chi connectivity index (χ3v) is 3.09. The van der Waals surface area contributed by atoms with Crippen molar-refractivity contribution in [3.8, 4) is 0 Å². The standard InChI is InChI=1S/C12H18N2O/c1-9-5-4-8-14(9)12-11(10(2)15)6-3-7-13-12/h3,6-7,9-10,15H,4-5,8H2,1-2H3/t9?,10-/m1/s1. The van der Waals surface area contributed by atoms with Gasteiger partial charge in [-0.3, -0.25) is 0 Å². The second-order valence-corrected chi connectivity index (χ2v) is 4.28. The Kier molecular flexibility index (Phi) is 2.91. The van der Waals surface area contributed by atoms with E-state index in [1.54, 1.807) is 13.1 Å². The van der Waals surface area contributed by atoms with Crippen molar-refractivity contribution in [2.75, 3.05) is 11.4 Å². The second kappa shape index (κ2) is 4.19. The Morgan fingerprint density at radius 2 is 2.40 bits per heavy atom. The molecule has 0 spiro atoms. The molecule has 0 aromatic carbocycles. The molecule has 1 aromatic rings. The highest BCUT2D eigenvalue weighted by atomic mass is 16.3. The maximum atomic E-state index is 9.68. The molecule has 2 atom stereocenters. The van der Waals surface area contributed by atoms with E-state index in [2.05, 4.69) is 16.8 Å². The van der Waals surface area contributed by atoms with E-state index in [4.69, 9.17) is 0 Å². The molecule has 15 heavy (non-hydrogen) atoms. The van der Waals surface area contributed by atoms with Crippen molar-refractivity contribution < 1.29 is 5.11 Å². The summed E-state index contributed by atoms with van der Waals surface area (Å²) < 4.78 is 0. The summed E-state index contributed by atoms with van der Waals surface area (Å²) in [6.45, 7) is 5.06. The van der Waals surface area contributed by atoms with E-state index in [1.807, 2.05) is 12.1 Å². The lowest BCUT2D eigenvalue weighted by Gasteiger charge is -2.25. The molecule has 0 saturated carbocycles. The van der Waals surface area contributed by atoms with E-state index in [0.29, 0.717) is 6.04 Å². The van der Waals surface area contributed by atoms with Crippen LogP contribution >= 0.6 is 0 Å². The van der Waals surface area contributed by atoms with E-state index < -0.39 is 6.10 Å². The van der Waals surface area contributed by atoms with Gasteiger partial charge in [0.05, 0.1) is 6.10 Å². The molecular weight excluding hydrogens is 188 g/mol. The van der Waals surface area contributed by atoms with Crippen LogP contribution in [-0.4, -0.2) is 22.7 Å². The lowest BCUT2D eigenvalue weighted by atomic mass is 10.1. The number of hydrogen-bond donors (Lipinski definition) is 1. The van der Waals surface area contributed by atoms with E-state index in [1.165, 1.54) is 12.8 Å². The molecule has 2 heterocycles. The first-order chi connectivity index (χ1) is 7.20. The third kappa shape index (κ3) is 1.97. The summed E-state index contributed by atoms with van der Waals surface area (Å²) in [6.07, 6.45) is 3.79. The van der Waals surface area contributed by atoms with Gasteiger partial charge in [0.15, 0.2) is 0 Å². The van der Waals surface area contributed by atoms with Gasteiger partial charge >= 0.3 is 0 Å². The normalized spacial score (nSPS) is 23.1. The predicted molar refractivity (Wildman–Crippen MR) is 60.9 cm³/mol. The summed E-state index contributed by atoms with van der Waals surface area (Å²) in [5, 5.41) is 9.68. The van der Waals surface area contributed by atoms with Gasteiger partial charge in [-0.15, -0.1) is 0 Å². The number of aliphatic hydroxyl groups is 1. The zero-order valence-electron chi connectivity index (χ0n) is 9.35. The maximum Gasteiger partial charge on any atom is 0.134 e. The van der Waals surface area contributed by atoms with Gasteiger partial charge in [-0.2, -0.15) is 0 Å². The van der Waals surface area contributed by atoms with E-state index in [9.17, 15) is 5.11 Å². The van der Waals surface area contributed by atoms with E-state index >= 15 is 0 Å². The summed E-state index contributed by atoms with van der Waals surface area (Å²) in [6, 6.07) is 4.38. The van der Waals surface area contributed by atoms with Crippen molar-refractivity contribution in [3.63, 3.8) is 0 Å². The number of aliphatic hydroxyl groups excluding tert-OH is 1. The lowest BCUT2D eigenvalue weighted by Crippen LogP contribution is -2.28. The molecule has 0 radical (unpaired) electrons. The number of nitrogens with zero attached hydrogens (tertiary/aromatic N) is 2. The smallest absolute Gasteiger partial charge is 0.134 e. The topological polar surface area (TPSA) is 36.4 Å². The quantitative estimate of drug-likeness (QED) is 0.805. The molecule has 2 rings (SSSR count). The number of anilines is 1. The van der Waals surface area contributed by atoms with Crippen LogP contribution in [0.5, 0.6) is 0 Å². The van der Waals surface area contributed by atoms with Gasteiger partial charge in [0.1, 0.15) is 5.82 Å². The fourth-order valence-electron chi connectivity index (χ4n) is 2.22. The van der Waals surface area contributed by atoms with Crippen LogP contribution in [0, 0.1) is 0 Å². The number of pyridine rings is 1. The Morgan fingerprint density at radius 1 is 1.60 bits per heavy atom. The first-order valence-corrected chi connectivity index (χ1v) is 5.60. The average Bonchev–Trinajstić information content (AvgIpc) is 2.64. The Morgan fingerprint density at radius 3 is 3.00 bits per heavy atom. The van der Waals surface area contributed by atoms with Crippen LogP contribution in [0.3, 0.4) is 0 Å². The first-order valence-electron chi connectivity index (χ1n) is 5.60. The van der Waals surface area contributed by atoms with Crippen molar-refractivity contribution in [1.29, 1.82) is 0 Å². The number of aromatic nitrogens is 1. The monoisotopic (exact) mass is 206 g/mol. The van der Waals surface area contributed by atoms with Crippen molar-refractivity contribution in [2.24, 2.45) is 0 Å². The third-order valence-electron chi connectivity index (χ3n) is 3.09. The largest absolute Gasteiger partial charge is 0.389 e. The minimum absolute atomic E-state index is 0.443. The molecule has 1 aliphatic heterocycles. The van der Waals surface area contributed by atoms with Crippen LogP contribution in [0.15, 0.2) is 18.3 Å². The molecule has 1 unspecified atom stereocenters. The first kappa shape index (κ1) is 10.4. The summed E-state index contributed by atoms with van der Waals surface area (Å²) in [5.41, 5.74) is 0.936. The van der Waals surface area contributed by atoms with Crippen LogP contribution in [0.25, 0.3) is 0 Å². The van der Waals surface area contributed by atoms with Gasteiger partial charge in [-0.25, -0.2) is 4.98 Å². The molecule has 82 valence electrons. The molecule has 1 saturated heterocycles. The summed E-state index contributed by atoms with van der Waals surface area (Å²) in [5.74, 6) is 0.956.